The number of nitrogens with zero attached hydrogens (tertiary/aromatic N) is 1. The van der Waals surface area contributed by atoms with Crippen molar-refractivity contribution in [3.63, 3.8) is 0 Å². The molecule has 1 aliphatic carbocycles. The van der Waals surface area contributed by atoms with Gasteiger partial charge in [0, 0.05) is 38.0 Å². The van der Waals surface area contributed by atoms with Gasteiger partial charge in [-0.1, -0.05) is 0 Å². The van der Waals surface area contributed by atoms with Crippen molar-refractivity contribution in [2.75, 3.05) is 13.1 Å². The molecular formula is C13H23N3O2. The van der Waals surface area contributed by atoms with E-state index in [9.17, 15) is 9.59 Å². The molecule has 1 heterocycles. The fourth-order valence-electron chi connectivity index (χ4n) is 2.74. The van der Waals surface area contributed by atoms with E-state index in [0.717, 1.165) is 45.2 Å². The van der Waals surface area contributed by atoms with Gasteiger partial charge in [0.25, 0.3) is 0 Å². The molecule has 5 heteroatoms. The first-order chi connectivity index (χ1) is 8.48. The van der Waals surface area contributed by atoms with Gasteiger partial charge >= 0.3 is 0 Å². The fraction of sp³-hybridized carbons (Fsp3) is 0.846. The summed E-state index contributed by atoms with van der Waals surface area (Å²) in [6, 6.07) is 0.205. The Kier molecular flexibility index (Phi) is 3.90. The summed E-state index contributed by atoms with van der Waals surface area (Å²) in [6.07, 6.45) is 5.21. The third-order valence-corrected chi connectivity index (χ3v) is 4.17. The zero-order valence-electron chi connectivity index (χ0n) is 11.1. The Hall–Kier alpha value is -1.10. The lowest BCUT2D eigenvalue weighted by molar-refractivity contribution is -0.130. The number of hydrogen-bond acceptors (Lipinski definition) is 3. The van der Waals surface area contributed by atoms with E-state index in [0.29, 0.717) is 6.42 Å². The van der Waals surface area contributed by atoms with E-state index >= 15 is 0 Å². The molecule has 5 nitrogen and oxygen atoms in total. The van der Waals surface area contributed by atoms with E-state index in [4.69, 9.17) is 5.73 Å². The van der Waals surface area contributed by atoms with Crippen molar-refractivity contribution in [3.8, 4) is 0 Å². The third kappa shape index (κ3) is 3.22. The summed E-state index contributed by atoms with van der Waals surface area (Å²) in [5.41, 5.74) is 5.81. The molecule has 0 aromatic heterocycles. The summed E-state index contributed by atoms with van der Waals surface area (Å²) >= 11 is 0. The number of rotatable bonds is 3. The topological polar surface area (TPSA) is 75.4 Å². The van der Waals surface area contributed by atoms with E-state index < -0.39 is 0 Å². The van der Waals surface area contributed by atoms with Crippen LogP contribution < -0.4 is 11.1 Å². The Balaban J connectivity index is 1.71. The van der Waals surface area contributed by atoms with Crippen LogP contribution in [0.5, 0.6) is 0 Å². The minimum Gasteiger partial charge on any atom is -0.353 e. The zero-order chi connectivity index (χ0) is 13.2. The highest BCUT2D eigenvalue weighted by molar-refractivity contribution is 5.78. The molecule has 0 spiro atoms. The second kappa shape index (κ2) is 5.26. The van der Waals surface area contributed by atoms with E-state index in [-0.39, 0.29) is 23.4 Å². The number of carbonyl (C=O) groups excluding carboxylic acids is 2. The van der Waals surface area contributed by atoms with Gasteiger partial charge in [-0.25, -0.2) is 0 Å². The van der Waals surface area contributed by atoms with E-state index in [2.05, 4.69) is 5.32 Å². The maximum atomic E-state index is 11.9. The van der Waals surface area contributed by atoms with Crippen LogP contribution in [0.1, 0.15) is 45.4 Å². The van der Waals surface area contributed by atoms with Crippen molar-refractivity contribution in [1.82, 2.24) is 10.2 Å². The molecule has 1 saturated heterocycles. The highest BCUT2D eigenvalue weighted by Crippen LogP contribution is 2.32. The largest absolute Gasteiger partial charge is 0.353 e. The van der Waals surface area contributed by atoms with Crippen LogP contribution in [0.2, 0.25) is 0 Å². The lowest BCUT2D eigenvalue weighted by Crippen LogP contribution is -2.52. The average molecular weight is 253 g/mol. The van der Waals surface area contributed by atoms with E-state index in [1.807, 2.05) is 4.90 Å². The van der Waals surface area contributed by atoms with Crippen LogP contribution in [0, 0.1) is 0 Å². The highest BCUT2D eigenvalue weighted by atomic mass is 16.2. The van der Waals surface area contributed by atoms with Crippen molar-refractivity contribution in [1.29, 1.82) is 0 Å². The summed E-state index contributed by atoms with van der Waals surface area (Å²) < 4.78 is 0. The fourth-order valence-corrected chi connectivity index (χ4v) is 2.74. The Bertz CT molecular complexity index is 331. The SMILES string of the molecule is CC(=O)N1CCC(NC(=O)CC2(N)CCC2)CC1. The van der Waals surface area contributed by atoms with Crippen molar-refractivity contribution in [2.45, 2.75) is 57.0 Å². The molecule has 2 aliphatic rings. The molecule has 0 unspecified atom stereocenters. The van der Waals surface area contributed by atoms with E-state index in [1.54, 1.807) is 6.92 Å². The van der Waals surface area contributed by atoms with Crippen LogP contribution in [0.15, 0.2) is 0 Å². The standard InChI is InChI=1S/C13H23N3O2/c1-10(17)16-7-3-11(4-8-16)15-12(18)9-13(14)5-2-6-13/h11H,2-9,14H2,1H3,(H,15,18). The third-order valence-electron chi connectivity index (χ3n) is 4.17. The lowest BCUT2D eigenvalue weighted by atomic mass is 9.75. The highest BCUT2D eigenvalue weighted by Gasteiger charge is 2.35. The van der Waals surface area contributed by atoms with Gasteiger partial charge in [0.15, 0.2) is 0 Å². The number of amides is 2. The Morgan fingerprint density at radius 1 is 1.33 bits per heavy atom. The molecule has 0 bridgehead atoms. The summed E-state index contributed by atoms with van der Waals surface area (Å²) in [4.78, 5) is 24.9. The van der Waals surface area contributed by atoms with Gasteiger partial charge in [-0.15, -0.1) is 0 Å². The number of nitrogens with one attached hydrogen (secondary N) is 1. The molecule has 0 aromatic carbocycles. The Labute approximate surface area is 108 Å². The monoisotopic (exact) mass is 253 g/mol. The first kappa shape index (κ1) is 13.3. The molecule has 1 aliphatic heterocycles. The van der Waals surface area contributed by atoms with Gasteiger partial charge in [-0.3, -0.25) is 9.59 Å². The van der Waals surface area contributed by atoms with Crippen molar-refractivity contribution < 1.29 is 9.59 Å². The maximum Gasteiger partial charge on any atom is 0.222 e. The normalized spacial score (nSPS) is 23.3. The molecule has 0 atom stereocenters. The molecule has 102 valence electrons. The lowest BCUT2D eigenvalue weighted by Gasteiger charge is -2.38. The molecule has 18 heavy (non-hydrogen) atoms. The molecule has 0 radical (unpaired) electrons. The first-order valence-corrected chi connectivity index (χ1v) is 6.82. The molecule has 2 amide bonds. The molecular weight excluding hydrogens is 230 g/mol. The Morgan fingerprint density at radius 2 is 1.94 bits per heavy atom. The average Bonchev–Trinajstić information content (AvgIpc) is 2.27. The van der Waals surface area contributed by atoms with Crippen LogP contribution >= 0.6 is 0 Å². The smallest absolute Gasteiger partial charge is 0.222 e. The van der Waals surface area contributed by atoms with Crippen molar-refractivity contribution in [3.05, 3.63) is 0 Å². The minimum atomic E-state index is -0.246. The quantitative estimate of drug-likeness (QED) is 0.763. The van der Waals surface area contributed by atoms with Gasteiger partial charge < -0.3 is 16.0 Å². The summed E-state index contributed by atoms with van der Waals surface area (Å²) in [5, 5.41) is 3.05. The predicted octanol–water partition coefficient (Wildman–Crippen LogP) is 0.385. The van der Waals surface area contributed by atoms with Gasteiger partial charge in [0.2, 0.25) is 11.8 Å². The number of likely N-dealkylation sites (tertiary alicyclic amines) is 1. The summed E-state index contributed by atoms with van der Waals surface area (Å²) in [6.45, 7) is 3.08. The van der Waals surface area contributed by atoms with Crippen LogP contribution in [-0.4, -0.2) is 41.4 Å². The van der Waals surface area contributed by atoms with Crippen LogP contribution in [0.25, 0.3) is 0 Å². The number of piperidine rings is 1. The van der Waals surface area contributed by atoms with Gasteiger partial charge in [-0.2, -0.15) is 0 Å². The molecule has 2 fully saturated rings. The van der Waals surface area contributed by atoms with Gasteiger partial charge in [0.05, 0.1) is 0 Å². The van der Waals surface area contributed by atoms with Crippen LogP contribution in [0.3, 0.4) is 0 Å². The van der Waals surface area contributed by atoms with Crippen molar-refractivity contribution in [2.24, 2.45) is 5.73 Å². The zero-order valence-corrected chi connectivity index (χ0v) is 11.1. The second-order valence-corrected chi connectivity index (χ2v) is 5.74. The van der Waals surface area contributed by atoms with Gasteiger partial charge in [0.1, 0.15) is 0 Å². The second-order valence-electron chi connectivity index (χ2n) is 5.74. The van der Waals surface area contributed by atoms with Crippen molar-refractivity contribution >= 4 is 11.8 Å². The molecule has 0 aromatic rings. The van der Waals surface area contributed by atoms with Crippen LogP contribution in [0.4, 0.5) is 0 Å². The number of carbonyl (C=O) groups is 2. The summed E-state index contributed by atoms with van der Waals surface area (Å²) in [7, 11) is 0. The minimum absolute atomic E-state index is 0.0680. The first-order valence-electron chi connectivity index (χ1n) is 6.82. The van der Waals surface area contributed by atoms with Gasteiger partial charge in [-0.05, 0) is 32.1 Å². The predicted molar refractivity (Wildman–Crippen MR) is 68.8 cm³/mol. The molecule has 3 N–H and O–H groups in total. The number of nitrogens with two attached hydrogens (primary N) is 1. The number of hydrogen-bond donors (Lipinski definition) is 2. The Morgan fingerprint density at radius 3 is 2.39 bits per heavy atom. The molecule has 2 rings (SSSR count). The summed E-state index contributed by atoms with van der Waals surface area (Å²) in [5.74, 6) is 0.189. The maximum absolute atomic E-state index is 11.9. The van der Waals surface area contributed by atoms with E-state index in [1.165, 1.54) is 0 Å². The van der Waals surface area contributed by atoms with Crippen LogP contribution in [-0.2, 0) is 9.59 Å². The molecule has 1 saturated carbocycles.